The maximum Gasteiger partial charge on any atom is 0.282 e. The third kappa shape index (κ3) is 3.01. The molecule has 2 aliphatic rings. The predicted molar refractivity (Wildman–Crippen MR) is 75.8 cm³/mol. The second-order valence-electron chi connectivity index (χ2n) is 5.12. The van der Waals surface area contributed by atoms with E-state index >= 15 is 0 Å². The summed E-state index contributed by atoms with van der Waals surface area (Å²) in [7, 11) is -1.54. The molecule has 2 aliphatic heterocycles. The molecule has 106 valence electrons. The van der Waals surface area contributed by atoms with Gasteiger partial charge in [-0.2, -0.15) is 28.8 Å². The fourth-order valence-electron chi connectivity index (χ4n) is 2.56. The van der Waals surface area contributed by atoms with Crippen LogP contribution in [0.2, 0.25) is 0 Å². The Morgan fingerprint density at radius 1 is 1.33 bits per heavy atom. The molecule has 2 N–H and O–H groups in total. The van der Waals surface area contributed by atoms with Crippen LogP contribution >= 0.6 is 11.8 Å². The van der Waals surface area contributed by atoms with Gasteiger partial charge in [-0.3, -0.25) is 0 Å². The Labute approximate surface area is 114 Å². The average molecular weight is 293 g/mol. The van der Waals surface area contributed by atoms with E-state index in [1.165, 1.54) is 0 Å². The smallest absolute Gasteiger partial charge is 0.282 e. The number of nitrogens with zero attached hydrogens (tertiary/aromatic N) is 2. The molecule has 0 aromatic rings. The summed E-state index contributed by atoms with van der Waals surface area (Å²) < 4.78 is 28.2. The van der Waals surface area contributed by atoms with Gasteiger partial charge in [-0.05, 0) is 37.5 Å². The van der Waals surface area contributed by atoms with E-state index in [4.69, 9.17) is 5.73 Å². The Balaban J connectivity index is 1.98. The standard InChI is InChI=1S/C11H23N3O2S2/c1-13(11-4-7-17-9-11)18(15,16)14-5-2-10(8-12)3-6-14/h10-11H,2-9,12H2,1H3. The molecule has 7 heteroatoms. The van der Waals surface area contributed by atoms with E-state index < -0.39 is 10.2 Å². The monoisotopic (exact) mass is 293 g/mol. The summed E-state index contributed by atoms with van der Waals surface area (Å²) in [5.41, 5.74) is 5.64. The molecule has 0 aromatic heterocycles. The Kier molecular flexibility index (Phi) is 4.93. The normalized spacial score (nSPS) is 28.1. The zero-order valence-corrected chi connectivity index (χ0v) is 12.5. The van der Waals surface area contributed by atoms with Crippen molar-refractivity contribution in [2.24, 2.45) is 11.7 Å². The molecule has 0 bridgehead atoms. The summed E-state index contributed by atoms with van der Waals surface area (Å²) in [5.74, 6) is 2.48. The summed E-state index contributed by atoms with van der Waals surface area (Å²) in [5, 5.41) is 0. The summed E-state index contributed by atoms with van der Waals surface area (Å²) >= 11 is 1.84. The molecule has 0 aliphatic carbocycles. The van der Waals surface area contributed by atoms with Crippen LogP contribution in [0.1, 0.15) is 19.3 Å². The number of rotatable bonds is 4. The van der Waals surface area contributed by atoms with E-state index in [2.05, 4.69) is 0 Å². The van der Waals surface area contributed by atoms with Gasteiger partial charge >= 0.3 is 0 Å². The summed E-state index contributed by atoms with van der Waals surface area (Å²) in [6.45, 7) is 1.91. The summed E-state index contributed by atoms with van der Waals surface area (Å²) in [6.07, 6.45) is 2.76. The lowest BCUT2D eigenvalue weighted by Gasteiger charge is -2.35. The number of nitrogens with two attached hydrogens (primary N) is 1. The van der Waals surface area contributed by atoms with E-state index in [1.807, 2.05) is 11.8 Å². The molecule has 0 spiro atoms. The minimum Gasteiger partial charge on any atom is -0.330 e. The van der Waals surface area contributed by atoms with Gasteiger partial charge in [-0.25, -0.2) is 0 Å². The second kappa shape index (κ2) is 6.09. The first-order valence-electron chi connectivity index (χ1n) is 6.56. The lowest BCUT2D eigenvalue weighted by Crippen LogP contribution is -2.49. The zero-order valence-electron chi connectivity index (χ0n) is 10.9. The average Bonchev–Trinajstić information content (AvgIpc) is 2.91. The molecule has 2 rings (SSSR count). The van der Waals surface area contributed by atoms with Gasteiger partial charge in [0.1, 0.15) is 0 Å². The highest BCUT2D eigenvalue weighted by atomic mass is 32.2. The van der Waals surface area contributed by atoms with Crippen molar-refractivity contribution >= 4 is 22.0 Å². The van der Waals surface area contributed by atoms with Gasteiger partial charge < -0.3 is 5.73 Å². The highest BCUT2D eigenvalue weighted by Crippen LogP contribution is 2.26. The third-order valence-electron chi connectivity index (χ3n) is 4.02. The highest BCUT2D eigenvalue weighted by Gasteiger charge is 2.35. The molecule has 2 heterocycles. The molecule has 0 amide bonds. The maximum absolute atomic E-state index is 12.5. The molecular weight excluding hydrogens is 270 g/mol. The van der Waals surface area contributed by atoms with Crippen LogP contribution in [0.3, 0.4) is 0 Å². The van der Waals surface area contributed by atoms with Crippen LogP contribution in [0.5, 0.6) is 0 Å². The van der Waals surface area contributed by atoms with Gasteiger partial charge in [-0.15, -0.1) is 0 Å². The SMILES string of the molecule is CN(C1CCSC1)S(=O)(=O)N1CCC(CN)CC1. The third-order valence-corrected chi connectivity index (χ3v) is 7.21. The summed E-state index contributed by atoms with van der Waals surface area (Å²) in [4.78, 5) is 0. The fourth-order valence-corrected chi connectivity index (χ4v) is 5.51. The number of piperidine rings is 1. The minimum atomic E-state index is -3.26. The van der Waals surface area contributed by atoms with Crippen molar-refractivity contribution in [3.63, 3.8) is 0 Å². The van der Waals surface area contributed by atoms with Crippen LogP contribution in [0.4, 0.5) is 0 Å². The topological polar surface area (TPSA) is 66.6 Å². The molecule has 0 saturated carbocycles. The van der Waals surface area contributed by atoms with Gasteiger partial charge in [0, 0.05) is 31.9 Å². The largest absolute Gasteiger partial charge is 0.330 e. The molecule has 1 atom stereocenters. The zero-order chi connectivity index (χ0) is 13.2. The Hall–Kier alpha value is 0.180. The van der Waals surface area contributed by atoms with Crippen LogP contribution in [-0.4, -0.2) is 61.3 Å². The van der Waals surface area contributed by atoms with Gasteiger partial charge in [0.2, 0.25) is 0 Å². The lowest BCUT2D eigenvalue weighted by atomic mass is 9.99. The van der Waals surface area contributed by atoms with Gasteiger partial charge in [-0.1, -0.05) is 0 Å². The van der Waals surface area contributed by atoms with Crippen LogP contribution in [0.15, 0.2) is 0 Å². The Morgan fingerprint density at radius 3 is 2.50 bits per heavy atom. The lowest BCUT2D eigenvalue weighted by molar-refractivity contribution is 0.255. The van der Waals surface area contributed by atoms with E-state index in [1.54, 1.807) is 15.7 Å². The molecule has 0 radical (unpaired) electrons. The van der Waals surface area contributed by atoms with Crippen molar-refractivity contribution in [1.82, 2.24) is 8.61 Å². The highest BCUT2D eigenvalue weighted by molar-refractivity contribution is 7.99. The molecule has 0 aromatic carbocycles. The minimum absolute atomic E-state index is 0.173. The molecular formula is C11H23N3O2S2. The first-order valence-corrected chi connectivity index (χ1v) is 9.11. The van der Waals surface area contributed by atoms with Crippen LogP contribution < -0.4 is 5.73 Å². The van der Waals surface area contributed by atoms with Crippen molar-refractivity contribution in [2.45, 2.75) is 25.3 Å². The molecule has 1 unspecified atom stereocenters. The van der Waals surface area contributed by atoms with Crippen molar-refractivity contribution in [2.75, 3.05) is 38.2 Å². The first kappa shape index (κ1) is 14.6. The van der Waals surface area contributed by atoms with Crippen LogP contribution in [0.25, 0.3) is 0 Å². The Bertz CT molecular complexity index is 360. The van der Waals surface area contributed by atoms with E-state index in [0.717, 1.165) is 30.8 Å². The molecule has 2 fully saturated rings. The molecule has 2 saturated heterocycles. The fraction of sp³-hybridized carbons (Fsp3) is 1.00. The van der Waals surface area contributed by atoms with Crippen molar-refractivity contribution in [3.8, 4) is 0 Å². The molecule has 5 nitrogen and oxygen atoms in total. The Morgan fingerprint density at radius 2 is 2.00 bits per heavy atom. The number of hydrogen-bond acceptors (Lipinski definition) is 4. The number of hydrogen-bond donors (Lipinski definition) is 1. The van der Waals surface area contributed by atoms with E-state index in [9.17, 15) is 8.42 Å². The number of thioether (sulfide) groups is 1. The molecule has 18 heavy (non-hydrogen) atoms. The predicted octanol–water partition coefficient (Wildman–Crippen LogP) is 0.339. The van der Waals surface area contributed by atoms with Gasteiger partial charge in [0.05, 0.1) is 0 Å². The van der Waals surface area contributed by atoms with Gasteiger partial charge in [0.25, 0.3) is 10.2 Å². The first-order chi connectivity index (χ1) is 8.55. The second-order valence-corrected chi connectivity index (χ2v) is 8.26. The van der Waals surface area contributed by atoms with E-state index in [-0.39, 0.29) is 6.04 Å². The van der Waals surface area contributed by atoms with Crippen molar-refractivity contribution in [1.29, 1.82) is 0 Å². The van der Waals surface area contributed by atoms with Crippen LogP contribution in [0, 0.1) is 5.92 Å². The maximum atomic E-state index is 12.5. The van der Waals surface area contributed by atoms with Crippen molar-refractivity contribution < 1.29 is 8.42 Å². The van der Waals surface area contributed by atoms with E-state index in [0.29, 0.717) is 25.6 Å². The quantitative estimate of drug-likeness (QED) is 0.812. The van der Waals surface area contributed by atoms with Crippen LogP contribution in [-0.2, 0) is 10.2 Å². The summed E-state index contributed by atoms with van der Waals surface area (Å²) in [6, 6.07) is 0.173. The van der Waals surface area contributed by atoms with Crippen molar-refractivity contribution in [3.05, 3.63) is 0 Å². The van der Waals surface area contributed by atoms with Gasteiger partial charge in [0.15, 0.2) is 0 Å².